The monoisotopic (exact) mass is 300 g/mol. The van der Waals surface area contributed by atoms with Crippen molar-refractivity contribution in [3.05, 3.63) is 57.9 Å². The predicted molar refractivity (Wildman–Crippen MR) is 80.7 cm³/mol. The van der Waals surface area contributed by atoms with Gasteiger partial charge in [0.25, 0.3) is 11.7 Å². The van der Waals surface area contributed by atoms with E-state index in [1.54, 1.807) is 18.3 Å². The Morgan fingerprint density at radius 2 is 1.95 bits per heavy atom. The molecule has 1 aromatic heterocycles. The quantitative estimate of drug-likeness (QED) is 0.632. The molecule has 2 aromatic rings. The molecule has 0 spiro atoms. The summed E-state index contributed by atoms with van der Waals surface area (Å²) in [6.07, 6.45) is 1.61. The number of carbonyl (C=O) groups is 2. The molecule has 0 radical (unpaired) electrons. The lowest BCUT2D eigenvalue weighted by Crippen LogP contribution is -2.29. The zero-order valence-corrected chi connectivity index (χ0v) is 12.4. The van der Waals surface area contributed by atoms with Crippen molar-refractivity contribution in [1.29, 1.82) is 0 Å². The number of hydrogen-bond acceptors (Lipinski definition) is 3. The third kappa shape index (κ3) is 2.32. The van der Waals surface area contributed by atoms with Crippen molar-refractivity contribution in [3.8, 4) is 0 Å². The number of amides is 1. The molecule has 0 atom stereocenters. The summed E-state index contributed by atoms with van der Waals surface area (Å²) < 4.78 is 0. The average Bonchev–Trinajstić information content (AvgIpc) is 2.66. The van der Waals surface area contributed by atoms with E-state index in [0.29, 0.717) is 22.9 Å². The largest absolute Gasteiger partial charge is 0.300 e. The van der Waals surface area contributed by atoms with Gasteiger partial charge >= 0.3 is 0 Å². The topological polar surface area (TPSA) is 50.3 Å². The highest BCUT2D eigenvalue weighted by molar-refractivity contribution is 6.52. The van der Waals surface area contributed by atoms with Crippen LogP contribution in [0.25, 0.3) is 0 Å². The minimum absolute atomic E-state index is 0.310. The first kappa shape index (κ1) is 13.8. The second-order valence-corrected chi connectivity index (χ2v) is 5.57. The molecule has 0 bridgehead atoms. The number of benzene rings is 1. The summed E-state index contributed by atoms with van der Waals surface area (Å²) in [6, 6.07) is 7.25. The Morgan fingerprint density at radius 1 is 1.19 bits per heavy atom. The molecule has 2 heterocycles. The number of hydrogen-bond donors (Lipinski definition) is 0. The molecule has 5 heteroatoms. The van der Waals surface area contributed by atoms with Crippen molar-refractivity contribution in [2.45, 2.75) is 20.4 Å². The lowest BCUT2D eigenvalue weighted by Gasteiger charge is -2.17. The lowest BCUT2D eigenvalue weighted by molar-refractivity contribution is -0.114. The predicted octanol–water partition coefficient (Wildman–Crippen LogP) is 3.08. The molecule has 1 aliphatic rings. The van der Waals surface area contributed by atoms with Gasteiger partial charge in [-0.15, -0.1) is 0 Å². The molecule has 4 nitrogen and oxygen atoms in total. The van der Waals surface area contributed by atoms with Crippen molar-refractivity contribution >= 4 is 29.0 Å². The van der Waals surface area contributed by atoms with Crippen LogP contribution in [-0.4, -0.2) is 16.7 Å². The highest BCUT2D eigenvalue weighted by atomic mass is 35.5. The third-order valence-corrected chi connectivity index (χ3v) is 3.77. The molecular formula is C16H13ClN2O2. The number of aromatic nitrogens is 1. The van der Waals surface area contributed by atoms with Crippen LogP contribution in [-0.2, 0) is 11.3 Å². The summed E-state index contributed by atoms with van der Waals surface area (Å²) in [5.41, 5.74) is 3.87. The first-order valence-corrected chi connectivity index (χ1v) is 6.93. The van der Waals surface area contributed by atoms with Crippen LogP contribution < -0.4 is 4.90 Å². The molecule has 0 unspecified atom stereocenters. The molecule has 0 N–H and O–H groups in total. The Hall–Kier alpha value is -2.20. The lowest BCUT2D eigenvalue weighted by atomic mass is 10.0. The van der Waals surface area contributed by atoms with E-state index in [1.165, 1.54) is 4.90 Å². The van der Waals surface area contributed by atoms with E-state index in [-0.39, 0.29) is 0 Å². The first-order valence-electron chi connectivity index (χ1n) is 6.55. The number of rotatable bonds is 2. The average molecular weight is 301 g/mol. The number of aryl methyl sites for hydroxylation is 2. The Kier molecular flexibility index (Phi) is 3.26. The van der Waals surface area contributed by atoms with E-state index in [2.05, 4.69) is 4.98 Å². The van der Waals surface area contributed by atoms with E-state index >= 15 is 0 Å². The normalized spacial score (nSPS) is 13.8. The molecule has 1 aromatic carbocycles. The molecule has 0 fully saturated rings. The van der Waals surface area contributed by atoms with Crippen LogP contribution in [0, 0.1) is 13.8 Å². The Bertz CT molecular complexity index is 754. The van der Waals surface area contributed by atoms with Gasteiger partial charge in [0.1, 0.15) is 5.15 Å². The molecule has 106 valence electrons. The number of halogens is 1. The zero-order chi connectivity index (χ0) is 15.1. The number of anilines is 1. The van der Waals surface area contributed by atoms with Crippen LogP contribution in [0.5, 0.6) is 0 Å². The van der Waals surface area contributed by atoms with Gasteiger partial charge in [0.2, 0.25) is 0 Å². The van der Waals surface area contributed by atoms with Crippen LogP contribution in [0.3, 0.4) is 0 Å². The summed E-state index contributed by atoms with van der Waals surface area (Å²) in [5, 5.41) is 0.398. The maximum absolute atomic E-state index is 12.2. The first-order chi connectivity index (χ1) is 9.97. The van der Waals surface area contributed by atoms with E-state index in [0.717, 1.165) is 16.7 Å². The summed E-state index contributed by atoms with van der Waals surface area (Å²) in [4.78, 5) is 29.9. The van der Waals surface area contributed by atoms with Crippen LogP contribution in [0.2, 0.25) is 5.15 Å². The van der Waals surface area contributed by atoms with Crippen molar-refractivity contribution in [3.63, 3.8) is 0 Å². The van der Waals surface area contributed by atoms with Crippen molar-refractivity contribution in [2.24, 2.45) is 0 Å². The fourth-order valence-corrected chi connectivity index (χ4v) is 2.74. The van der Waals surface area contributed by atoms with Gasteiger partial charge in [-0.1, -0.05) is 23.7 Å². The fourth-order valence-electron chi connectivity index (χ4n) is 2.63. The van der Waals surface area contributed by atoms with E-state index < -0.39 is 11.7 Å². The second kappa shape index (κ2) is 4.97. The fraction of sp³-hybridized carbons (Fsp3) is 0.188. The van der Waals surface area contributed by atoms with Crippen molar-refractivity contribution in [1.82, 2.24) is 4.98 Å². The molecule has 3 rings (SSSR count). The molecule has 21 heavy (non-hydrogen) atoms. The Labute approximate surface area is 127 Å². The zero-order valence-electron chi connectivity index (χ0n) is 11.7. The van der Waals surface area contributed by atoms with Gasteiger partial charge in [0.05, 0.1) is 17.8 Å². The molecular weight excluding hydrogens is 288 g/mol. The number of nitrogens with zero attached hydrogens (tertiary/aromatic N) is 2. The van der Waals surface area contributed by atoms with Gasteiger partial charge in [-0.25, -0.2) is 4.98 Å². The van der Waals surface area contributed by atoms with Crippen LogP contribution >= 0.6 is 11.6 Å². The summed E-state index contributed by atoms with van der Waals surface area (Å²) in [5.74, 6) is -0.932. The second-order valence-electron chi connectivity index (χ2n) is 5.19. The number of Topliss-reactive ketones (excluding diaryl/α,β-unsaturated/α-hetero) is 1. The minimum Gasteiger partial charge on any atom is -0.300 e. The molecule has 0 aliphatic carbocycles. The standard InChI is InChI=1S/C16H13ClN2O2/c1-9-5-10(2)14-12(6-9)19(16(21)15(14)20)8-11-3-4-13(17)18-7-11/h3-7H,8H2,1-2H3. The van der Waals surface area contributed by atoms with Gasteiger partial charge < -0.3 is 4.90 Å². The van der Waals surface area contributed by atoms with Crippen molar-refractivity contribution < 1.29 is 9.59 Å². The summed E-state index contributed by atoms with van der Waals surface area (Å²) in [7, 11) is 0. The third-order valence-electron chi connectivity index (χ3n) is 3.55. The highest BCUT2D eigenvalue weighted by Gasteiger charge is 2.37. The highest BCUT2D eigenvalue weighted by Crippen LogP contribution is 2.33. The van der Waals surface area contributed by atoms with Gasteiger partial charge in [-0.05, 0) is 42.7 Å². The SMILES string of the molecule is Cc1cc(C)c2c(c1)N(Cc1ccc(Cl)nc1)C(=O)C2=O. The maximum Gasteiger partial charge on any atom is 0.299 e. The maximum atomic E-state index is 12.2. The summed E-state index contributed by atoms with van der Waals surface area (Å²) >= 11 is 5.76. The van der Waals surface area contributed by atoms with E-state index in [4.69, 9.17) is 11.6 Å². The Balaban J connectivity index is 2.03. The van der Waals surface area contributed by atoms with E-state index in [9.17, 15) is 9.59 Å². The number of pyridine rings is 1. The number of ketones is 1. The summed E-state index contributed by atoms with van der Waals surface area (Å²) in [6.45, 7) is 4.11. The number of fused-ring (bicyclic) bond motifs is 1. The molecule has 0 saturated carbocycles. The van der Waals surface area contributed by atoms with Crippen molar-refractivity contribution in [2.75, 3.05) is 4.90 Å². The van der Waals surface area contributed by atoms with Gasteiger partial charge in [-0.3, -0.25) is 9.59 Å². The minimum atomic E-state index is -0.492. The van der Waals surface area contributed by atoms with Crippen LogP contribution in [0.4, 0.5) is 5.69 Å². The van der Waals surface area contributed by atoms with Gasteiger partial charge in [-0.2, -0.15) is 0 Å². The van der Waals surface area contributed by atoms with Gasteiger partial charge in [0.15, 0.2) is 0 Å². The van der Waals surface area contributed by atoms with Gasteiger partial charge in [0, 0.05) is 6.20 Å². The number of carbonyl (C=O) groups excluding carboxylic acids is 2. The smallest absolute Gasteiger partial charge is 0.299 e. The molecule has 1 aliphatic heterocycles. The van der Waals surface area contributed by atoms with Crippen LogP contribution in [0.1, 0.15) is 27.0 Å². The Morgan fingerprint density at radius 3 is 2.62 bits per heavy atom. The van der Waals surface area contributed by atoms with Crippen LogP contribution in [0.15, 0.2) is 30.5 Å². The molecule has 1 amide bonds. The molecule has 0 saturated heterocycles. The van der Waals surface area contributed by atoms with E-state index in [1.807, 2.05) is 26.0 Å².